The first kappa shape index (κ1) is 17.8. The summed E-state index contributed by atoms with van der Waals surface area (Å²) in [6.07, 6.45) is 0. The van der Waals surface area contributed by atoms with Crippen molar-refractivity contribution in [2.75, 3.05) is 0 Å². The number of hydrogen-bond donors (Lipinski definition) is 0. The molecular formula is C8H8CaO4S2. The minimum Gasteiger partial charge on any atom is -0.549 e. The van der Waals surface area contributed by atoms with Gasteiger partial charge in [-0.25, -0.2) is 0 Å². The van der Waals surface area contributed by atoms with E-state index in [0.717, 1.165) is 0 Å². The van der Waals surface area contributed by atoms with Crippen molar-refractivity contribution in [2.45, 2.75) is 13.8 Å². The van der Waals surface area contributed by atoms with Crippen molar-refractivity contribution >= 4 is 83.8 Å². The molecule has 0 aliphatic heterocycles. The number of carboxylic acids is 2. The number of aliphatic carboxylic acids is 2. The smallest absolute Gasteiger partial charge is 0.549 e. The zero-order valence-electron chi connectivity index (χ0n) is 8.31. The van der Waals surface area contributed by atoms with Gasteiger partial charge in [0.1, 0.15) is 0 Å². The molecule has 0 aromatic heterocycles. The zero-order chi connectivity index (χ0) is 11.5. The van der Waals surface area contributed by atoms with E-state index >= 15 is 0 Å². The van der Waals surface area contributed by atoms with Crippen LogP contribution in [0.25, 0.3) is 0 Å². The van der Waals surface area contributed by atoms with Gasteiger partial charge in [-0.2, -0.15) is 0 Å². The minimum atomic E-state index is -1.37. The largest absolute Gasteiger partial charge is 2.00 e. The standard InChI is InChI=1S/C8H10O4S2.Ca/c1-3(7(9)10)5(13)6(14)4(2)8(11)12;/h3-4H,1-2H3,(H,9,10)(H,11,12);/q;+2/p-2. The fourth-order valence-electron chi connectivity index (χ4n) is 0.641. The maximum absolute atomic E-state index is 10.4. The molecule has 0 saturated carbocycles. The number of hydrogen-bond acceptors (Lipinski definition) is 6. The van der Waals surface area contributed by atoms with Crippen LogP contribution in [-0.2, 0) is 9.59 Å². The molecule has 78 valence electrons. The molecule has 0 bridgehead atoms. The number of carboxylic acid groups (broad SMARTS) is 2. The van der Waals surface area contributed by atoms with Gasteiger partial charge < -0.3 is 19.8 Å². The molecule has 0 amide bonds. The average molecular weight is 272 g/mol. The van der Waals surface area contributed by atoms with Crippen molar-refractivity contribution in [3.8, 4) is 0 Å². The van der Waals surface area contributed by atoms with Crippen LogP contribution in [0.15, 0.2) is 0 Å². The van der Waals surface area contributed by atoms with E-state index in [1.54, 1.807) is 0 Å². The van der Waals surface area contributed by atoms with Crippen LogP contribution in [0.1, 0.15) is 13.8 Å². The Morgan fingerprint density at radius 2 is 1.13 bits per heavy atom. The Labute approximate surface area is 128 Å². The van der Waals surface area contributed by atoms with Gasteiger partial charge >= 0.3 is 37.7 Å². The maximum Gasteiger partial charge on any atom is 2.00 e. The van der Waals surface area contributed by atoms with Gasteiger partial charge in [0, 0.05) is 33.5 Å². The normalized spacial score (nSPS) is 13.2. The fourth-order valence-corrected chi connectivity index (χ4v) is 1.19. The molecule has 0 heterocycles. The third-order valence-electron chi connectivity index (χ3n) is 1.74. The van der Waals surface area contributed by atoms with Crippen LogP contribution in [0, 0.1) is 11.8 Å². The van der Waals surface area contributed by atoms with Crippen molar-refractivity contribution < 1.29 is 19.8 Å². The first-order valence-corrected chi connectivity index (χ1v) is 4.60. The molecule has 4 nitrogen and oxygen atoms in total. The second-order valence-electron chi connectivity index (χ2n) is 2.81. The average Bonchev–Trinajstić information content (AvgIpc) is 2.12. The van der Waals surface area contributed by atoms with Crippen molar-refractivity contribution in [1.82, 2.24) is 0 Å². The van der Waals surface area contributed by atoms with E-state index < -0.39 is 23.8 Å². The Balaban J connectivity index is 0. The summed E-state index contributed by atoms with van der Waals surface area (Å²) in [5.41, 5.74) is 0. The van der Waals surface area contributed by atoms with Crippen LogP contribution < -0.4 is 10.2 Å². The number of thiocarbonyl (C=S) groups is 2. The molecule has 0 saturated heterocycles. The van der Waals surface area contributed by atoms with Gasteiger partial charge in [-0.3, -0.25) is 0 Å². The molecule has 15 heavy (non-hydrogen) atoms. The van der Waals surface area contributed by atoms with Gasteiger partial charge in [0.05, 0.1) is 0 Å². The van der Waals surface area contributed by atoms with E-state index in [4.69, 9.17) is 24.4 Å². The van der Waals surface area contributed by atoms with E-state index in [0.29, 0.717) is 0 Å². The van der Waals surface area contributed by atoms with Crippen LogP contribution in [0.2, 0.25) is 0 Å². The van der Waals surface area contributed by atoms with Crippen LogP contribution >= 0.6 is 24.4 Å². The van der Waals surface area contributed by atoms with Crippen LogP contribution in [0.3, 0.4) is 0 Å². The molecule has 7 heteroatoms. The topological polar surface area (TPSA) is 80.3 Å². The summed E-state index contributed by atoms with van der Waals surface area (Å²) < 4.78 is 0. The van der Waals surface area contributed by atoms with Gasteiger partial charge in [-0.1, -0.05) is 38.3 Å². The summed E-state index contributed by atoms with van der Waals surface area (Å²) in [5.74, 6) is -4.86. The molecule has 0 aromatic rings. The monoisotopic (exact) mass is 272 g/mol. The van der Waals surface area contributed by atoms with Gasteiger partial charge in [-0.15, -0.1) is 0 Å². The molecule has 0 aliphatic carbocycles. The van der Waals surface area contributed by atoms with Gasteiger partial charge in [0.25, 0.3) is 0 Å². The first-order valence-electron chi connectivity index (χ1n) is 3.78. The first-order chi connectivity index (χ1) is 6.29. The second kappa shape index (κ2) is 7.62. The zero-order valence-corrected chi connectivity index (χ0v) is 12.2. The van der Waals surface area contributed by atoms with Crippen LogP contribution in [-0.4, -0.2) is 59.4 Å². The van der Waals surface area contributed by atoms with E-state index in [1.807, 2.05) is 0 Å². The molecule has 0 fully saturated rings. The van der Waals surface area contributed by atoms with Crippen molar-refractivity contribution in [3.05, 3.63) is 0 Å². The quantitative estimate of drug-likeness (QED) is 0.430. The van der Waals surface area contributed by atoms with Crippen molar-refractivity contribution in [1.29, 1.82) is 0 Å². The Morgan fingerprint density at radius 1 is 0.933 bits per heavy atom. The molecule has 0 spiro atoms. The Hall–Kier alpha value is 0.380. The molecule has 0 rings (SSSR count). The fraction of sp³-hybridized carbons (Fsp3) is 0.500. The van der Waals surface area contributed by atoms with E-state index in [1.165, 1.54) is 13.8 Å². The maximum atomic E-state index is 10.4. The van der Waals surface area contributed by atoms with Gasteiger partial charge in [-0.05, 0) is 0 Å². The molecule has 0 N–H and O–H groups in total. The van der Waals surface area contributed by atoms with Crippen molar-refractivity contribution in [2.24, 2.45) is 11.8 Å². The molecular weight excluding hydrogens is 264 g/mol. The SMILES string of the molecule is CC(C(=O)[O-])C(=S)C(=S)C(C)C(=O)[O-].[Ca+2]. The van der Waals surface area contributed by atoms with E-state index in [-0.39, 0.29) is 47.5 Å². The summed E-state index contributed by atoms with van der Waals surface area (Å²) in [7, 11) is 0. The Bertz CT molecular complexity index is 273. The predicted molar refractivity (Wildman–Crippen MR) is 59.3 cm³/mol. The molecule has 2 unspecified atom stereocenters. The number of carbonyl (C=O) groups excluding carboxylic acids is 2. The number of rotatable bonds is 5. The Morgan fingerprint density at radius 3 is 1.27 bits per heavy atom. The molecule has 0 aromatic carbocycles. The van der Waals surface area contributed by atoms with E-state index in [9.17, 15) is 19.8 Å². The van der Waals surface area contributed by atoms with Crippen LogP contribution in [0.5, 0.6) is 0 Å². The third kappa shape index (κ3) is 5.31. The summed E-state index contributed by atoms with van der Waals surface area (Å²) in [6.45, 7) is 2.60. The van der Waals surface area contributed by atoms with Gasteiger partial charge in [0.15, 0.2) is 0 Å². The third-order valence-corrected chi connectivity index (χ3v) is 3.01. The molecule has 0 aliphatic rings. The molecule has 2 atom stereocenters. The van der Waals surface area contributed by atoms with Crippen LogP contribution in [0.4, 0.5) is 0 Å². The van der Waals surface area contributed by atoms with E-state index in [2.05, 4.69) is 0 Å². The van der Waals surface area contributed by atoms with Crippen molar-refractivity contribution in [3.63, 3.8) is 0 Å². The summed E-state index contributed by atoms with van der Waals surface area (Å²) in [5, 5.41) is 20.8. The predicted octanol–water partition coefficient (Wildman–Crippen LogP) is -1.88. The molecule has 0 radical (unpaired) electrons. The summed E-state index contributed by atoms with van der Waals surface area (Å²) in [4.78, 5) is 20.7. The minimum absolute atomic E-state index is 0. The van der Waals surface area contributed by atoms with Gasteiger partial charge in [0.2, 0.25) is 0 Å². The summed E-state index contributed by atoms with van der Waals surface area (Å²) in [6, 6.07) is 0. The summed E-state index contributed by atoms with van der Waals surface area (Å²) >= 11 is 9.44. The number of carbonyl (C=O) groups is 2. The second-order valence-corrected chi connectivity index (χ2v) is 3.69. The Kier molecular flexibility index (Phi) is 9.02.